The summed E-state index contributed by atoms with van der Waals surface area (Å²) in [5.41, 5.74) is 0.743. The van der Waals surface area contributed by atoms with Crippen LogP contribution in [0.25, 0.3) is 5.65 Å². The molecule has 1 fully saturated rings. The molecule has 2 aromatic rings. The van der Waals surface area contributed by atoms with Gasteiger partial charge >= 0.3 is 0 Å². The van der Waals surface area contributed by atoms with Crippen LogP contribution in [-0.2, 0) is 16.1 Å². The van der Waals surface area contributed by atoms with Crippen molar-refractivity contribution in [2.75, 3.05) is 6.54 Å². The standard InChI is InChI=1S/C14H17N5O2/c1-10(20)18-8-4-5-11(18)14(21)15-9-13-17-16-12-6-2-3-7-19(12)13/h2-3,6-7,11H,4-5,8-9H2,1H3,(H,15,21)/t11-/m1/s1. The molecule has 0 spiro atoms. The molecular weight excluding hydrogens is 270 g/mol. The van der Waals surface area contributed by atoms with Crippen LogP contribution in [0.1, 0.15) is 25.6 Å². The van der Waals surface area contributed by atoms with Crippen LogP contribution in [0.15, 0.2) is 24.4 Å². The molecule has 0 aromatic carbocycles. The fourth-order valence-electron chi connectivity index (χ4n) is 2.71. The van der Waals surface area contributed by atoms with Gasteiger partial charge in [0.2, 0.25) is 11.8 Å². The highest BCUT2D eigenvalue weighted by Crippen LogP contribution is 2.17. The van der Waals surface area contributed by atoms with Gasteiger partial charge in [-0.1, -0.05) is 6.07 Å². The van der Waals surface area contributed by atoms with Gasteiger partial charge < -0.3 is 10.2 Å². The van der Waals surface area contributed by atoms with Crippen molar-refractivity contribution in [3.05, 3.63) is 30.2 Å². The molecule has 1 saturated heterocycles. The van der Waals surface area contributed by atoms with Crippen molar-refractivity contribution in [3.8, 4) is 0 Å². The van der Waals surface area contributed by atoms with Gasteiger partial charge in [-0.15, -0.1) is 10.2 Å². The van der Waals surface area contributed by atoms with Crippen molar-refractivity contribution in [3.63, 3.8) is 0 Å². The Hall–Kier alpha value is -2.44. The molecule has 0 saturated carbocycles. The number of nitrogens with zero attached hydrogens (tertiary/aromatic N) is 4. The Bertz CT molecular complexity index is 681. The first-order valence-electron chi connectivity index (χ1n) is 7.00. The van der Waals surface area contributed by atoms with Crippen LogP contribution in [-0.4, -0.2) is 43.9 Å². The number of nitrogens with one attached hydrogen (secondary N) is 1. The number of pyridine rings is 1. The molecule has 0 unspecified atom stereocenters. The third kappa shape index (κ3) is 2.58. The molecule has 1 aliphatic heterocycles. The molecule has 1 N–H and O–H groups in total. The highest BCUT2D eigenvalue weighted by atomic mass is 16.2. The summed E-state index contributed by atoms with van der Waals surface area (Å²) in [6.45, 7) is 2.45. The van der Waals surface area contributed by atoms with Crippen LogP contribution in [0.3, 0.4) is 0 Å². The van der Waals surface area contributed by atoms with Gasteiger partial charge in [0.1, 0.15) is 6.04 Å². The lowest BCUT2D eigenvalue weighted by Crippen LogP contribution is -2.45. The topological polar surface area (TPSA) is 79.6 Å². The molecule has 0 aliphatic carbocycles. The molecule has 7 nitrogen and oxygen atoms in total. The Kier molecular flexibility index (Phi) is 3.55. The molecule has 3 rings (SSSR count). The normalized spacial score (nSPS) is 18.1. The van der Waals surface area contributed by atoms with Crippen LogP contribution in [0.2, 0.25) is 0 Å². The van der Waals surface area contributed by atoms with E-state index in [2.05, 4.69) is 15.5 Å². The summed E-state index contributed by atoms with van der Waals surface area (Å²) in [6.07, 6.45) is 3.44. The average Bonchev–Trinajstić information content (AvgIpc) is 3.12. The molecule has 21 heavy (non-hydrogen) atoms. The minimum atomic E-state index is -0.360. The first-order valence-corrected chi connectivity index (χ1v) is 7.00. The highest BCUT2D eigenvalue weighted by Gasteiger charge is 2.32. The third-order valence-electron chi connectivity index (χ3n) is 3.76. The minimum absolute atomic E-state index is 0.0550. The Morgan fingerprint density at radius 2 is 2.24 bits per heavy atom. The number of hydrogen-bond donors (Lipinski definition) is 1. The largest absolute Gasteiger partial charge is 0.347 e. The van der Waals surface area contributed by atoms with E-state index in [4.69, 9.17) is 0 Å². The van der Waals surface area contributed by atoms with Crippen LogP contribution >= 0.6 is 0 Å². The predicted octanol–water partition coefficient (Wildman–Crippen LogP) is 0.356. The quantitative estimate of drug-likeness (QED) is 0.883. The maximum atomic E-state index is 12.2. The number of rotatable bonds is 3. The molecule has 1 aliphatic rings. The average molecular weight is 287 g/mol. The zero-order valence-corrected chi connectivity index (χ0v) is 11.8. The summed E-state index contributed by atoms with van der Waals surface area (Å²) in [5, 5.41) is 10.9. The van der Waals surface area contributed by atoms with Crippen molar-refractivity contribution in [1.29, 1.82) is 0 Å². The van der Waals surface area contributed by atoms with Gasteiger partial charge in [0, 0.05) is 19.7 Å². The second kappa shape index (κ2) is 5.51. The van der Waals surface area contributed by atoms with Crippen LogP contribution in [0, 0.1) is 0 Å². The SMILES string of the molecule is CC(=O)N1CCC[C@@H]1C(=O)NCc1nnc2ccccn12. The molecule has 7 heteroatoms. The van der Waals surface area contributed by atoms with Gasteiger partial charge in [-0.05, 0) is 25.0 Å². The minimum Gasteiger partial charge on any atom is -0.347 e. The van der Waals surface area contributed by atoms with E-state index in [0.717, 1.165) is 12.1 Å². The second-order valence-corrected chi connectivity index (χ2v) is 5.13. The molecule has 110 valence electrons. The molecule has 0 bridgehead atoms. The summed E-state index contributed by atoms with van der Waals surface area (Å²) in [4.78, 5) is 25.3. The number of amides is 2. The van der Waals surface area contributed by atoms with Gasteiger partial charge in [-0.25, -0.2) is 0 Å². The Morgan fingerprint density at radius 3 is 3.05 bits per heavy atom. The summed E-state index contributed by atoms with van der Waals surface area (Å²) in [5.74, 6) is 0.488. The first-order chi connectivity index (χ1) is 10.2. The van der Waals surface area contributed by atoms with Gasteiger partial charge in [0.15, 0.2) is 11.5 Å². The van der Waals surface area contributed by atoms with Gasteiger partial charge in [0.25, 0.3) is 0 Å². The number of carbonyl (C=O) groups is 2. The van der Waals surface area contributed by atoms with Gasteiger partial charge in [0.05, 0.1) is 6.54 Å². The van der Waals surface area contributed by atoms with E-state index in [-0.39, 0.29) is 17.9 Å². The molecule has 2 aromatic heterocycles. The van der Waals surface area contributed by atoms with Crippen molar-refractivity contribution in [1.82, 2.24) is 24.8 Å². The maximum absolute atomic E-state index is 12.2. The fourth-order valence-corrected chi connectivity index (χ4v) is 2.71. The number of likely N-dealkylation sites (tertiary alicyclic amines) is 1. The Morgan fingerprint density at radius 1 is 1.38 bits per heavy atom. The van der Waals surface area contributed by atoms with Crippen LogP contribution in [0.4, 0.5) is 0 Å². The lowest BCUT2D eigenvalue weighted by Gasteiger charge is -2.22. The Balaban J connectivity index is 1.67. The predicted molar refractivity (Wildman–Crippen MR) is 75.2 cm³/mol. The van der Waals surface area contributed by atoms with E-state index >= 15 is 0 Å². The van der Waals surface area contributed by atoms with Crippen LogP contribution < -0.4 is 5.32 Å². The maximum Gasteiger partial charge on any atom is 0.243 e. The zero-order valence-electron chi connectivity index (χ0n) is 11.8. The summed E-state index contributed by atoms with van der Waals surface area (Å²) in [6, 6.07) is 5.26. The summed E-state index contributed by atoms with van der Waals surface area (Å²) in [7, 11) is 0. The van der Waals surface area contributed by atoms with Crippen molar-refractivity contribution < 1.29 is 9.59 Å². The van der Waals surface area contributed by atoms with Crippen molar-refractivity contribution in [2.45, 2.75) is 32.4 Å². The third-order valence-corrected chi connectivity index (χ3v) is 3.76. The summed E-state index contributed by atoms with van der Waals surface area (Å²) >= 11 is 0. The van der Waals surface area contributed by atoms with E-state index < -0.39 is 0 Å². The smallest absolute Gasteiger partial charge is 0.243 e. The van der Waals surface area contributed by atoms with E-state index in [9.17, 15) is 9.59 Å². The highest BCUT2D eigenvalue weighted by molar-refractivity contribution is 5.87. The van der Waals surface area contributed by atoms with Crippen molar-refractivity contribution in [2.24, 2.45) is 0 Å². The molecular formula is C14H17N5O2. The van der Waals surface area contributed by atoms with Crippen molar-refractivity contribution >= 4 is 17.5 Å². The number of fused-ring (bicyclic) bond motifs is 1. The molecule has 1 atom stereocenters. The number of hydrogen-bond acceptors (Lipinski definition) is 4. The zero-order chi connectivity index (χ0) is 14.8. The molecule has 2 amide bonds. The lowest BCUT2D eigenvalue weighted by atomic mass is 10.2. The van der Waals surface area contributed by atoms with Crippen LogP contribution in [0.5, 0.6) is 0 Å². The summed E-state index contributed by atoms with van der Waals surface area (Å²) < 4.78 is 1.83. The van der Waals surface area contributed by atoms with E-state index in [1.165, 1.54) is 6.92 Å². The molecule has 3 heterocycles. The van der Waals surface area contributed by atoms with Gasteiger partial charge in [-0.2, -0.15) is 0 Å². The molecule has 0 radical (unpaired) electrons. The number of aromatic nitrogens is 3. The first kappa shape index (κ1) is 13.5. The number of carbonyl (C=O) groups excluding carboxylic acids is 2. The second-order valence-electron chi connectivity index (χ2n) is 5.13. The fraction of sp³-hybridized carbons (Fsp3) is 0.429. The Labute approximate surface area is 122 Å². The van der Waals surface area contributed by atoms with Gasteiger partial charge in [-0.3, -0.25) is 14.0 Å². The monoisotopic (exact) mass is 287 g/mol. The van der Waals surface area contributed by atoms with E-state index in [0.29, 0.717) is 25.3 Å². The van der Waals surface area contributed by atoms with E-state index in [1.807, 2.05) is 28.8 Å². The van der Waals surface area contributed by atoms with E-state index in [1.54, 1.807) is 4.90 Å². The lowest BCUT2D eigenvalue weighted by molar-refractivity contribution is -0.136.